The molecule has 2 amide bonds. The molecule has 2 saturated heterocycles. The maximum absolute atomic E-state index is 12.4. The number of hydrogen-bond donors (Lipinski definition) is 0. The lowest BCUT2D eigenvalue weighted by Gasteiger charge is -2.36. The van der Waals surface area contributed by atoms with Gasteiger partial charge in [-0.3, -0.25) is 14.5 Å². The SMILES string of the molecule is O=C(COc1ccc(Cl)cc1Cl)N1CCN(C(=O)CN2CCOCC2)CC1. The molecular formula is C18H23Cl2N3O4. The molecule has 0 N–H and O–H groups in total. The Kier molecular flexibility index (Phi) is 7.18. The van der Waals surface area contributed by atoms with Gasteiger partial charge in [0, 0.05) is 44.3 Å². The summed E-state index contributed by atoms with van der Waals surface area (Å²) in [6, 6.07) is 4.87. The molecule has 2 aliphatic heterocycles. The van der Waals surface area contributed by atoms with Crippen molar-refractivity contribution < 1.29 is 19.1 Å². The van der Waals surface area contributed by atoms with Crippen molar-refractivity contribution >= 4 is 35.0 Å². The molecule has 9 heteroatoms. The smallest absolute Gasteiger partial charge is 0.260 e. The van der Waals surface area contributed by atoms with Crippen molar-refractivity contribution in [2.24, 2.45) is 0 Å². The van der Waals surface area contributed by atoms with Gasteiger partial charge >= 0.3 is 0 Å². The minimum atomic E-state index is -0.124. The fourth-order valence-corrected chi connectivity index (χ4v) is 3.54. The number of benzene rings is 1. The molecule has 2 heterocycles. The highest BCUT2D eigenvalue weighted by molar-refractivity contribution is 6.35. The van der Waals surface area contributed by atoms with E-state index in [0.29, 0.717) is 61.7 Å². The molecule has 7 nitrogen and oxygen atoms in total. The standard InChI is InChI=1S/C18H23Cl2N3O4/c19-14-1-2-16(15(20)11-14)27-13-18(25)23-5-3-22(4-6-23)17(24)12-21-7-9-26-10-8-21/h1-2,11H,3-10,12-13H2. The van der Waals surface area contributed by atoms with E-state index in [1.807, 2.05) is 4.90 Å². The minimum absolute atomic E-state index is 0.0942. The quantitative estimate of drug-likeness (QED) is 0.726. The van der Waals surface area contributed by atoms with Crippen LogP contribution in [0.1, 0.15) is 0 Å². The zero-order valence-corrected chi connectivity index (χ0v) is 16.5. The van der Waals surface area contributed by atoms with Gasteiger partial charge < -0.3 is 19.3 Å². The van der Waals surface area contributed by atoms with Gasteiger partial charge in [-0.2, -0.15) is 0 Å². The molecule has 27 heavy (non-hydrogen) atoms. The Bertz CT molecular complexity index is 675. The topological polar surface area (TPSA) is 62.3 Å². The second-order valence-corrected chi connectivity index (χ2v) is 7.36. The van der Waals surface area contributed by atoms with Crippen molar-refractivity contribution in [2.45, 2.75) is 0 Å². The first-order valence-corrected chi connectivity index (χ1v) is 9.72. The van der Waals surface area contributed by atoms with Gasteiger partial charge in [-0.25, -0.2) is 0 Å². The minimum Gasteiger partial charge on any atom is -0.482 e. The Morgan fingerprint density at radius 3 is 2.22 bits per heavy atom. The third-order valence-corrected chi connectivity index (χ3v) is 5.22. The second kappa shape index (κ2) is 9.59. The van der Waals surface area contributed by atoms with Gasteiger partial charge in [0.1, 0.15) is 5.75 Å². The molecule has 1 aromatic carbocycles. The van der Waals surface area contributed by atoms with Gasteiger partial charge in [-0.05, 0) is 18.2 Å². The van der Waals surface area contributed by atoms with Crippen LogP contribution in [-0.2, 0) is 14.3 Å². The largest absolute Gasteiger partial charge is 0.482 e. The highest BCUT2D eigenvalue weighted by Gasteiger charge is 2.26. The maximum atomic E-state index is 12.4. The summed E-state index contributed by atoms with van der Waals surface area (Å²) in [7, 11) is 0. The number of ether oxygens (including phenoxy) is 2. The molecule has 0 radical (unpaired) electrons. The normalized spacial score (nSPS) is 18.4. The fraction of sp³-hybridized carbons (Fsp3) is 0.556. The van der Waals surface area contributed by atoms with Crippen molar-refractivity contribution in [3.63, 3.8) is 0 Å². The Labute approximate surface area is 168 Å². The Morgan fingerprint density at radius 2 is 1.59 bits per heavy atom. The van der Waals surface area contributed by atoms with Crippen molar-refractivity contribution in [3.05, 3.63) is 28.2 Å². The van der Waals surface area contributed by atoms with Gasteiger partial charge in [0.05, 0.1) is 24.8 Å². The van der Waals surface area contributed by atoms with Crippen LogP contribution in [0.2, 0.25) is 10.0 Å². The molecule has 0 atom stereocenters. The van der Waals surface area contributed by atoms with Gasteiger partial charge in [-0.15, -0.1) is 0 Å². The predicted octanol–water partition coefficient (Wildman–Crippen LogP) is 1.38. The van der Waals surface area contributed by atoms with Crippen LogP contribution in [0, 0.1) is 0 Å². The number of hydrogen-bond acceptors (Lipinski definition) is 5. The van der Waals surface area contributed by atoms with E-state index < -0.39 is 0 Å². The number of halogens is 2. The van der Waals surface area contributed by atoms with Gasteiger partial charge in [-0.1, -0.05) is 23.2 Å². The average molecular weight is 416 g/mol. The number of nitrogens with zero attached hydrogens (tertiary/aromatic N) is 3. The van der Waals surface area contributed by atoms with Crippen molar-refractivity contribution in [3.8, 4) is 5.75 Å². The zero-order valence-electron chi connectivity index (χ0n) is 15.0. The molecule has 2 aliphatic rings. The van der Waals surface area contributed by atoms with Crippen molar-refractivity contribution in [2.75, 3.05) is 65.6 Å². The summed E-state index contributed by atoms with van der Waals surface area (Å²) in [5.41, 5.74) is 0. The summed E-state index contributed by atoms with van der Waals surface area (Å²) in [5.74, 6) is 0.406. The Morgan fingerprint density at radius 1 is 0.963 bits per heavy atom. The number of amides is 2. The molecule has 148 valence electrons. The van der Waals surface area contributed by atoms with Gasteiger partial charge in [0.25, 0.3) is 5.91 Å². The van der Waals surface area contributed by atoms with E-state index in [1.165, 1.54) is 0 Å². The first-order chi connectivity index (χ1) is 13.0. The Balaban J connectivity index is 1.41. The van der Waals surface area contributed by atoms with E-state index in [4.69, 9.17) is 32.7 Å². The molecule has 0 bridgehead atoms. The summed E-state index contributed by atoms with van der Waals surface area (Å²) >= 11 is 11.9. The van der Waals surface area contributed by atoms with Crippen LogP contribution >= 0.6 is 23.2 Å². The van der Waals surface area contributed by atoms with E-state index in [-0.39, 0.29) is 18.4 Å². The third-order valence-electron chi connectivity index (χ3n) is 4.69. The molecule has 1 aromatic rings. The zero-order chi connectivity index (χ0) is 19.2. The second-order valence-electron chi connectivity index (χ2n) is 6.51. The van der Waals surface area contributed by atoms with E-state index in [9.17, 15) is 9.59 Å². The van der Waals surface area contributed by atoms with E-state index in [0.717, 1.165) is 13.1 Å². The Hall–Kier alpha value is -1.54. The van der Waals surface area contributed by atoms with E-state index >= 15 is 0 Å². The van der Waals surface area contributed by atoms with Crippen molar-refractivity contribution in [1.82, 2.24) is 14.7 Å². The third kappa shape index (κ3) is 5.72. The molecule has 2 fully saturated rings. The summed E-state index contributed by atoms with van der Waals surface area (Å²) in [6.07, 6.45) is 0. The number of carbonyl (C=O) groups is 2. The summed E-state index contributed by atoms with van der Waals surface area (Å²) in [6.45, 7) is 5.33. The lowest BCUT2D eigenvalue weighted by molar-refractivity contribution is -0.141. The molecule has 3 rings (SSSR count). The van der Waals surface area contributed by atoms with E-state index in [1.54, 1.807) is 23.1 Å². The van der Waals surface area contributed by atoms with Crippen LogP contribution in [0.3, 0.4) is 0 Å². The molecular weight excluding hydrogens is 393 g/mol. The van der Waals surface area contributed by atoms with Crippen LogP contribution in [-0.4, -0.2) is 92.1 Å². The van der Waals surface area contributed by atoms with Crippen molar-refractivity contribution in [1.29, 1.82) is 0 Å². The molecule has 0 spiro atoms. The molecule has 0 unspecified atom stereocenters. The highest BCUT2D eigenvalue weighted by atomic mass is 35.5. The first-order valence-electron chi connectivity index (χ1n) is 8.96. The number of carbonyl (C=O) groups excluding carboxylic acids is 2. The number of piperazine rings is 1. The maximum Gasteiger partial charge on any atom is 0.260 e. The van der Waals surface area contributed by atoms with Gasteiger partial charge in [0.2, 0.25) is 5.91 Å². The number of rotatable bonds is 5. The monoisotopic (exact) mass is 415 g/mol. The van der Waals surface area contributed by atoms with E-state index in [2.05, 4.69) is 4.90 Å². The molecule has 0 saturated carbocycles. The highest BCUT2D eigenvalue weighted by Crippen LogP contribution is 2.27. The lowest BCUT2D eigenvalue weighted by atomic mass is 10.3. The molecule has 0 aliphatic carbocycles. The number of morpholine rings is 1. The fourth-order valence-electron chi connectivity index (χ4n) is 3.08. The van der Waals surface area contributed by atoms with Crippen LogP contribution in [0.5, 0.6) is 5.75 Å². The summed E-state index contributed by atoms with van der Waals surface area (Å²) < 4.78 is 10.8. The van der Waals surface area contributed by atoms with Gasteiger partial charge in [0.15, 0.2) is 6.61 Å². The van der Waals surface area contributed by atoms with Crippen LogP contribution in [0.4, 0.5) is 0 Å². The lowest BCUT2D eigenvalue weighted by Crippen LogP contribution is -2.54. The molecule has 0 aromatic heterocycles. The predicted molar refractivity (Wildman–Crippen MR) is 102 cm³/mol. The first kappa shape index (κ1) is 20.2. The average Bonchev–Trinajstić information content (AvgIpc) is 2.68. The summed E-state index contributed by atoms with van der Waals surface area (Å²) in [5, 5.41) is 0.880. The van der Waals surface area contributed by atoms with Crippen LogP contribution in [0.25, 0.3) is 0 Å². The summed E-state index contributed by atoms with van der Waals surface area (Å²) in [4.78, 5) is 30.4. The van der Waals surface area contributed by atoms with Crippen LogP contribution in [0.15, 0.2) is 18.2 Å². The van der Waals surface area contributed by atoms with Crippen LogP contribution < -0.4 is 4.74 Å².